The third-order valence-corrected chi connectivity index (χ3v) is 2.72. The van der Waals surface area contributed by atoms with E-state index >= 15 is 0 Å². The van der Waals surface area contributed by atoms with Crippen LogP contribution in [0.25, 0.3) is 0 Å². The Morgan fingerprint density at radius 3 is 2.80 bits per heavy atom. The summed E-state index contributed by atoms with van der Waals surface area (Å²) in [5.41, 5.74) is 1.05. The fourth-order valence-electron chi connectivity index (χ4n) is 1.95. The normalized spacial score (nSPS) is 25.1. The molecular weight excluding hydrogens is 192 g/mol. The van der Waals surface area contributed by atoms with Crippen molar-refractivity contribution in [3.05, 3.63) is 35.9 Å². The molecule has 0 unspecified atom stereocenters. The van der Waals surface area contributed by atoms with E-state index in [2.05, 4.69) is 0 Å². The highest BCUT2D eigenvalue weighted by Crippen LogP contribution is 2.34. The topological polar surface area (TPSA) is 35.5 Å². The highest BCUT2D eigenvalue weighted by molar-refractivity contribution is 5.73. The van der Waals surface area contributed by atoms with Crippen molar-refractivity contribution in [3.63, 3.8) is 0 Å². The van der Waals surface area contributed by atoms with Crippen LogP contribution in [0.5, 0.6) is 0 Å². The van der Waals surface area contributed by atoms with E-state index in [-0.39, 0.29) is 18.0 Å². The smallest absolute Gasteiger partial charge is 0.311 e. The van der Waals surface area contributed by atoms with Gasteiger partial charge in [0.2, 0.25) is 0 Å². The van der Waals surface area contributed by atoms with Crippen LogP contribution in [0, 0.1) is 5.92 Å². The Hall–Kier alpha value is -1.35. The van der Waals surface area contributed by atoms with Crippen molar-refractivity contribution in [3.8, 4) is 0 Å². The van der Waals surface area contributed by atoms with Crippen molar-refractivity contribution in [1.29, 1.82) is 0 Å². The second-order valence-electron chi connectivity index (χ2n) is 3.62. The number of benzene rings is 1. The minimum atomic E-state index is -0.179. The van der Waals surface area contributed by atoms with E-state index in [9.17, 15) is 4.79 Å². The Morgan fingerprint density at radius 2 is 2.13 bits per heavy atom. The van der Waals surface area contributed by atoms with Crippen molar-refractivity contribution >= 4 is 5.97 Å². The summed E-state index contributed by atoms with van der Waals surface area (Å²) in [6.45, 7) is 0.624. The van der Waals surface area contributed by atoms with Gasteiger partial charge in [0.05, 0.1) is 19.1 Å². The van der Waals surface area contributed by atoms with Gasteiger partial charge >= 0.3 is 5.97 Å². The molecule has 0 aliphatic carbocycles. The van der Waals surface area contributed by atoms with Gasteiger partial charge in [0, 0.05) is 6.61 Å². The molecule has 80 valence electrons. The summed E-state index contributed by atoms with van der Waals surface area (Å²) in [7, 11) is 1.42. The number of esters is 1. The van der Waals surface area contributed by atoms with Crippen LogP contribution >= 0.6 is 0 Å². The van der Waals surface area contributed by atoms with E-state index in [1.54, 1.807) is 0 Å². The van der Waals surface area contributed by atoms with Gasteiger partial charge < -0.3 is 9.47 Å². The van der Waals surface area contributed by atoms with Crippen LogP contribution in [-0.4, -0.2) is 19.7 Å². The first-order chi connectivity index (χ1) is 7.33. The summed E-state index contributed by atoms with van der Waals surface area (Å²) in [4.78, 5) is 11.5. The lowest BCUT2D eigenvalue weighted by atomic mass is 9.95. The maximum Gasteiger partial charge on any atom is 0.311 e. The number of carbonyl (C=O) groups excluding carboxylic acids is 1. The third kappa shape index (κ3) is 2.02. The molecule has 0 aromatic heterocycles. The number of rotatable bonds is 2. The van der Waals surface area contributed by atoms with E-state index in [1.807, 2.05) is 30.3 Å². The highest BCUT2D eigenvalue weighted by Gasteiger charge is 2.35. The second kappa shape index (κ2) is 4.45. The molecule has 0 radical (unpaired) electrons. The molecule has 0 spiro atoms. The van der Waals surface area contributed by atoms with E-state index < -0.39 is 0 Å². The Balaban J connectivity index is 2.18. The Bertz CT molecular complexity index is 334. The maximum absolute atomic E-state index is 11.5. The summed E-state index contributed by atoms with van der Waals surface area (Å²) in [6.07, 6.45) is 0.602. The lowest BCUT2D eigenvalue weighted by molar-refractivity contribution is -0.147. The molecule has 1 aromatic rings. The molecular formula is C12H14O3. The molecule has 2 rings (SSSR count). The number of hydrogen-bond acceptors (Lipinski definition) is 3. The number of methoxy groups -OCH3 is 1. The van der Waals surface area contributed by atoms with Gasteiger partial charge in [-0.1, -0.05) is 30.3 Å². The van der Waals surface area contributed by atoms with E-state index in [4.69, 9.17) is 9.47 Å². The minimum absolute atomic E-state index is 0.140. The van der Waals surface area contributed by atoms with E-state index in [1.165, 1.54) is 7.11 Å². The molecule has 3 heteroatoms. The number of carbonyl (C=O) groups is 1. The van der Waals surface area contributed by atoms with Crippen LogP contribution < -0.4 is 0 Å². The molecule has 1 aliphatic heterocycles. The molecule has 1 heterocycles. The van der Waals surface area contributed by atoms with Crippen LogP contribution in [0.4, 0.5) is 0 Å². The van der Waals surface area contributed by atoms with Crippen molar-refractivity contribution < 1.29 is 14.3 Å². The monoisotopic (exact) mass is 206 g/mol. The zero-order valence-corrected chi connectivity index (χ0v) is 8.68. The van der Waals surface area contributed by atoms with Crippen molar-refractivity contribution in [2.75, 3.05) is 13.7 Å². The first-order valence-corrected chi connectivity index (χ1v) is 5.07. The molecule has 1 aliphatic rings. The van der Waals surface area contributed by atoms with Crippen molar-refractivity contribution in [1.82, 2.24) is 0 Å². The fraction of sp³-hybridized carbons (Fsp3) is 0.417. The lowest BCUT2D eigenvalue weighted by Gasteiger charge is -2.16. The highest BCUT2D eigenvalue weighted by atomic mass is 16.5. The van der Waals surface area contributed by atoms with Gasteiger partial charge in [0.15, 0.2) is 0 Å². The molecule has 0 amide bonds. The summed E-state index contributed by atoms with van der Waals surface area (Å²) >= 11 is 0. The molecule has 0 N–H and O–H groups in total. The third-order valence-electron chi connectivity index (χ3n) is 2.72. The lowest BCUT2D eigenvalue weighted by Crippen LogP contribution is -2.19. The predicted octanol–water partition coefficient (Wildman–Crippen LogP) is 1.94. The second-order valence-corrected chi connectivity index (χ2v) is 3.62. The van der Waals surface area contributed by atoms with Crippen LogP contribution in [0.1, 0.15) is 18.1 Å². The average Bonchev–Trinajstić information content (AvgIpc) is 2.78. The van der Waals surface area contributed by atoms with Gasteiger partial charge in [-0.05, 0) is 12.0 Å². The van der Waals surface area contributed by atoms with E-state index in [0.29, 0.717) is 6.61 Å². The SMILES string of the molecule is COC(=O)[C@H]1CCO[C@H]1c1ccccc1. The average molecular weight is 206 g/mol. The summed E-state index contributed by atoms with van der Waals surface area (Å²) < 4.78 is 10.3. The number of ether oxygens (including phenoxy) is 2. The van der Waals surface area contributed by atoms with Gasteiger partial charge in [0.1, 0.15) is 0 Å². The quantitative estimate of drug-likeness (QED) is 0.694. The first kappa shape index (κ1) is 10.2. The molecule has 15 heavy (non-hydrogen) atoms. The predicted molar refractivity (Wildman–Crippen MR) is 55.3 cm³/mol. The molecule has 1 fully saturated rings. The molecule has 0 bridgehead atoms. The van der Waals surface area contributed by atoms with E-state index in [0.717, 1.165) is 12.0 Å². The summed E-state index contributed by atoms with van der Waals surface area (Å²) in [6, 6.07) is 9.81. The van der Waals surface area contributed by atoms with Gasteiger partial charge in [-0.2, -0.15) is 0 Å². The Labute approximate surface area is 89.0 Å². The van der Waals surface area contributed by atoms with Crippen LogP contribution in [0.3, 0.4) is 0 Å². The Morgan fingerprint density at radius 1 is 1.40 bits per heavy atom. The molecule has 2 atom stereocenters. The molecule has 0 saturated carbocycles. The minimum Gasteiger partial charge on any atom is -0.469 e. The molecule has 3 nitrogen and oxygen atoms in total. The number of hydrogen-bond donors (Lipinski definition) is 0. The largest absolute Gasteiger partial charge is 0.469 e. The van der Waals surface area contributed by atoms with Gasteiger partial charge in [-0.3, -0.25) is 4.79 Å². The first-order valence-electron chi connectivity index (χ1n) is 5.07. The van der Waals surface area contributed by atoms with Gasteiger partial charge in [-0.25, -0.2) is 0 Å². The summed E-state index contributed by atoms with van der Waals surface area (Å²) in [5, 5.41) is 0. The van der Waals surface area contributed by atoms with Crippen LogP contribution in [0.15, 0.2) is 30.3 Å². The molecule has 1 aromatic carbocycles. The molecule has 1 saturated heterocycles. The zero-order valence-electron chi connectivity index (χ0n) is 8.68. The zero-order chi connectivity index (χ0) is 10.7. The Kier molecular flexibility index (Phi) is 3.02. The van der Waals surface area contributed by atoms with Crippen molar-refractivity contribution in [2.45, 2.75) is 12.5 Å². The maximum atomic E-state index is 11.5. The van der Waals surface area contributed by atoms with Gasteiger partial charge in [-0.15, -0.1) is 0 Å². The van der Waals surface area contributed by atoms with Crippen LogP contribution in [-0.2, 0) is 14.3 Å². The van der Waals surface area contributed by atoms with Crippen LogP contribution in [0.2, 0.25) is 0 Å². The van der Waals surface area contributed by atoms with Gasteiger partial charge in [0.25, 0.3) is 0 Å². The summed E-state index contributed by atoms with van der Waals surface area (Å²) in [5.74, 6) is -0.334. The standard InChI is InChI=1S/C12H14O3/c1-14-12(13)10-7-8-15-11(10)9-5-3-2-4-6-9/h2-6,10-11H,7-8H2,1H3/t10-,11-/m0/s1. The fourth-order valence-corrected chi connectivity index (χ4v) is 1.95. The van der Waals surface area contributed by atoms with Crippen molar-refractivity contribution in [2.24, 2.45) is 5.92 Å².